The SMILES string of the molecule is CC1=C[C@@H](CNC(=O)c2cccnc2)[C@H](C(C)C)C[C@H]1CC(=O)N1CCN(c2ccccn2)CC1. The molecule has 0 bridgehead atoms. The van der Waals surface area contributed by atoms with Crippen molar-refractivity contribution in [2.75, 3.05) is 37.6 Å². The first kappa shape index (κ1) is 24.9. The zero-order valence-electron chi connectivity index (χ0n) is 21.1. The predicted molar refractivity (Wildman–Crippen MR) is 138 cm³/mol. The number of rotatable bonds is 7. The lowest BCUT2D eigenvalue weighted by atomic mass is 9.69. The number of aromatic nitrogens is 2. The average molecular weight is 476 g/mol. The van der Waals surface area contributed by atoms with Crippen molar-refractivity contribution >= 4 is 17.6 Å². The lowest BCUT2D eigenvalue weighted by Gasteiger charge is -2.39. The number of nitrogens with one attached hydrogen (secondary N) is 1. The van der Waals surface area contributed by atoms with Gasteiger partial charge in [0.15, 0.2) is 0 Å². The molecule has 2 amide bonds. The molecule has 35 heavy (non-hydrogen) atoms. The molecule has 1 aliphatic heterocycles. The first-order valence-electron chi connectivity index (χ1n) is 12.7. The van der Waals surface area contributed by atoms with Gasteiger partial charge in [0.1, 0.15) is 5.82 Å². The molecule has 1 fully saturated rings. The van der Waals surface area contributed by atoms with Crippen molar-refractivity contribution in [3.63, 3.8) is 0 Å². The summed E-state index contributed by atoms with van der Waals surface area (Å²) in [5, 5.41) is 3.09. The van der Waals surface area contributed by atoms with E-state index in [-0.39, 0.29) is 23.7 Å². The van der Waals surface area contributed by atoms with E-state index < -0.39 is 0 Å². The topological polar surface area (TPSA) is 78.4 Å². The van der Waals surface area contributed by atoms with Crippen LogP contribution in [0.4, 0.5) is 5.82 Å². The second-order valence-corrected chi connectivity index (χ2v) is 10.1. The summed E-state index contributed by atoms with van der Waals surface area (Å²) < 4.78 is 0. The van der Waals surface area contributed by atoms with E-state index in [1.165, 1.54) is 5.57 Å². The van der Waals surface area contributed by atoms with Crippen LogP contribution in [0.5, 0.6) is 0 Å². The molecular weight excluding hydrogens is 438 g/mol. The van der Waals surface area contributed by atoms with Crippen molar-refractivity contribution in [3.8, 4) is 0 Å². The van der Waals surface area contributed by atoms with Crippen LogP contribution in [0.2, 0.25) is 0 Å². The molecule has 0 radical (unpaired) electrons. The summed E-state index contributed by atoms with van der Waals surface area (Å²) in [5.41, 5.74) is 1.85. The number of anilines is 1. The molecule has 7 nitrogen and oxygen atoms in total. The Morgan fingerprint density at radius 3 is 2.54 bits per heavy atom. The van der Waals surface area contributed by atoms with Gasteiger partial charge in [-0.1, -0.05) is 31.6 Å². The van der Waals surface area contributed by atoms with Crippen molar-refractivity contribution in [3.05, 3.63) is 66.1 Å². The normalized spacial score (nSPS) is 22.6. The minimum absolute atomic E-state index is 0.0891. The van der Waals surface area contributed by atoms with Crippen LogP contribution >= 0.6 is 0 Å². The number of carbonyl (C=O) groups is 2. The fourth-order valence-corrected chi connectivity index (χ4v) is 5.38. The number of carbonyl (C=O) groups excluding carboxylic acids is 2. The number of hydrogen-bond acceptors (Lipinski definition) is 5. The summed E-state index contributed by atoms with van der Waals surface area (Å²) in [6.45, 7) is 10.3. The number of hydrogen-bond donors (Lipinski definition) is 1. The van der Waals surface area contributed by atoms with E-state index in [4.69, 9.17) is 0 Å². The van der Waals surface area contributed by atoms with Gasteiger partial charge in [-0.05, 0) is 61.3 Å². The summed E-state index contributed by atoms with van der Waals surface area (Å²) >= 11 is 0. The van der Waals surface area contributed by atoms with Crippen LogP contribution in [0.25, 0.3) is 0 Å². The minimum atomic E-state index is -0.0891. The van der Waals surface area contributed by atoms with Gasteiger partial charge >= 0.3 is 0 Å². The third-order valence-corrected chi connectivity index (χ3v) is 7.53. The molecule has 3 heterocycles. The number of pyridine rings is 2. The van der Waals surface area contributed by atoms with Gasteiger partial charge in [0.25, 0.3) is 5.91 Å². The first-order valence-corrected chi connectivity index (χ1v) is 12.7. The summed E-state index contributed by atoms with van der Waals surface area (Å²) in [5.74, 6) is 2.55. The predicted octanol–water partition coefficient (Wildman–Crippen LogP) is 3.80. The molecule has 0 unspecified atom stereocenters. The molecule has 7 heteroatoms. The molecule has 2 aliphatic rings. The molecule has 0 aromatic carbocycles. The minimum Gasteiger partial charge on any atom is -0.353 e. The third kappa shape index (κ3) is 6.27. The Hall–Kier alpha value is -3.22. The van der Waals surface area contributed by atoms with Gasteiger partial charge in [0.2, 0.25) is 5.91 Å². The Morgan fingerprint density at radius 1 is 1.09 bits per heavy atom. The standard InChI is InChI=1S/C28H37N5O2/c1-20(2)25-16-23(21(3)15-24(25)19-31-28(35)22-7-6-9-29-18-22)17-27(34)33-13-11-32(12-14-33)26-8-4-5-10-30-26/h4-10,15,18,20,23-25H,11-14,16-17,19H2,1-3H3,(H,31,35)/t23-,24-,25-/m0/s1. The van der Waals surface area contributed by atoms with Gasteiger partial charge in [0, 0.05) is 57.7 Å². The van der Waals surface area contributed by atoms with Crippen molar-refractivity contribution < 1.29 is 9.59 Å². The highest BCUT2D eigenvalue weighted by Crippen LogP contribution is 2.39. The highest BCUT2D eigenvalue weighted by molar-refractivity contribution is 5.93. The second kappa shape index (κ2) is 11.5. The van der Waals surface area contributed by atoms with Gasteiger partial charge in [-0.15, -0.1) is 0 Å². The molecule has 2 aromatic heterocycles. The van der Waals surface area contributed by atoms with E-state index in [1.54, 1.807) is 24.5 Å². The van der Waals surface area contributed by atoms with E-state index >= 15 is 0 Å². The summed E-state index contributed by atoms with van der Waals surface area (Å²) in [6.07, 6.45) is 8.91. The Kier molecular flexibility index (Phi) is 8.16. The molecule has 186 valence electrons. The quantitative estimate of drug-likeness (QED) is 0.617. The second-order valence-electron chi connectivity index (χ2n) is 10.1. The smallest absolute Gasteiger partial charge is 0.252 e. The van der Waals surface area contributed by atoms with Crippen LogP contribution in [0.1, 0.15) is 44.0 Å². The number of piperazine rings is 1. The van der Waals surface area contributed by atoms with E-state index in [0.717, 1.165) is 38.4 Å². The van der Waals surface area contributed by atoms with Gasteiger partial charge in [0.05, 0.1) is 5.56 Å². The van der Waals surface area contributed by atoms with Gasteiger partial charge < -0.3 is 15.1 Å². The van der Waals surface area contributed by atoms with Crippen LogP contribution in [0, 0.1) is 23.7 Å². The Labute approximate surface area is 208 Å². The molecule has 4 rings (SSSR count). The largest absolute Gasteiger partial charge is 0.353 e. The number of nitrogens with zero attached hydrogens (tertiary/aromatic N) is 4. The Bertz CT molecular complexity index is 1020. The molecule has 2 aromatic rings. The maximum Gasteiger partial charge on any atom is 0.252 e. The number of allylic oxidation sites excluding steroid dienone is 1. The van der Waals surface area contributed by atoms with Crippen LogP contribution in [-0.4, -0.2) is 59.4 Å². The maximum atomic E-state index is 13.2. The Morgan fingerprint density at radius 2 is 1.89 bits per heavy atom. The fourth-order valence-electron chi connectivity index (χ4n) is 5.38. The molecule has 1 N–H and O–H groups in total. The molecule has 0 saturated carbocycles. The van der Waals surface area contributed by atoms with E-state index in [2.05, 4.69) is 47.0 Å². The van der Waals surface area contributed by atoms with Crippen LogP contribution in [0.3, 0.4) is 0 Å². The zero-order chi connectivity index (χ0) is 24.8. The molecule has 0 spiro atoms. The van der Waals surface area contributed by atoms with Gasteiger partial charge in [-0.25, -0.2) is 4.98 Å². The maximum absolute atomic E-state index is 13.2. The number of amides is 2. The van der Waals surface area contributed by atoms with Crippen LogP contribution in [-0.2, 0) is 4.79 Å². The summed E-state index contributed by atoms with van der Waals surface area (Å²) in [6, 6.07) is 9.50. The van der Waals surface area contributed by atoms with Gasteiger partial charge in [-0.3, -0.25) is 14.6 Å². The molecule has 1 saturated heterocycles. The van der Waals surface area contributed by atoms with Crippen molar-refractivity contribution in [1.82, 2.24) is 20.2 Å². The third-order valence-electron chi connectivity index (χ3n) is 7.53. The zero-order valence-corrected chi connectivity index (χ0v) is 21.1. The Balaban J connectivity index is 1.33. The van der Waals surface area contributed by atoms with E-state index in [1.807, 2.05) is 29.3 Å². The average Bonchev–Trinajstić information content (AvgIpc) is 2.89. The molecular formula is C28H37N5O2. The summed E-state index contributed by atoms with van der Waals surface area (Å²) in [7, 11) is 0. The summed E-state index contributed by atoms with van der Waals surface area (Å²) in [4.78, 5) is 38.4. The van der Waals surface area contributed by atoms with E-state index in [9.17, 15) is 9.59 Å². The van der Waals surface area contributed by atoms with E-state index in [0.29, 0.717) is 30.4 Å². The van der Waals surface area contributed by atoms with Crippen LogP contribution < -0.4 is 10.2 Å². The molecule has 1 aliphatic carbocycles. The van der Waals surface area contributed by atoms with Crippen molar-refractivity contribution in [1.29, 1.82) is 0 Å². The van der Waals surface area contributed by atoms with Gasteiger partial charge in [-0.2, -0.15) is 0 Å². The highest BCUT2D eigenvalue weighted by Gasteiger charge is 2.34. The monoisotopic (exact) mass is 475 g/mol. The van der Waals surface area contributed by atoms with Crippen LogP contribution in [0.15, 0.2) is 60.6 Å². The fraction of sp³-hybridized carbons (Fsp3) is 0.500. The molecule has 3 atom stereocenters. The lowest BCUT2D eigenvalue weighted by molar-refractivity contribution is -0.132. The highest BCUT2D eigenvalue weighted by atomic mass is 16.2. The first-order chi connectivity index (χ1) is 16.9. The lowest BCUT2D eigenvalue weighted by Crippen LogP contribution is -2.49. The van der Waals surface area contributed by atoms with Crippen molar-refractivity contribution in [2.45, 2.75) is 33.6 Å². The van der Waals surface area contributed by atoms with Crippen molar-refractivity contribution in [2.24, 2.45) is 23.7 Å².